The number of benzene rings is 1. The van der Waals surface area contributed by atoms with E-state index in [-0.39, 0.29) is 5.78 Å². The van der Waals surface area contributed by atoms with Gasteiger partial charge in [0.2, 0.25) is 0 Å². The minimum Gasteiger partial charge on any atom is -0.295 e. The molecular formula is C17H22N2OS. The summed E-state index contributed by atoms with van der Waals surface area (Å²) in [5, 5.41) is 4.65. The second-order valence-corrected chi connectivity index (χ2v) is 6.18. The summed E-state index contributed by atoms with van der Waals surface area (Å²) in [6, 6.07) is 10.4. The van der Waals surface area contributed by atoms with Crippen LogP contribution in [-0.4, -0.2) is 15.6 Å². The monoisotopic (exact) mass is 302 g/mol. The fraction of sp³-hybridized carbons (Fsp3) is 0.412. The first-order valence-electron chi connectivity index (χ1n) is 7.41. The number of nitrogens with zero attached hydrogens (tertiary/aromatic N) is 2. The first-order valence-corrected chi connectivity index (χ1v) is 8.40. The van der Waals surface area contributed by atoms with Crippen LogP contribution in [0.3, 0.4) is 0 Å². The van der Waals surface area contributed by atoms with Crippen molar-refractivity contribution in [2.75, 3.05) is 0 Å². The van der Waals surface area contributed by atoms with Crippen LogP contribution in [0.15, 0.2) is 41.4 Å². The highest BCUT2D eigenvalue weighted by Crippen LogP contribution is 2.23. The Labute approximate surface area is 130 Å². The van der Waals surface area contributed by atoms with Gasteiger partial charge < -0.3 is 0 Å². The Morgan fingerprint density at radius 1 is 1.19 bits per heavy atom. The summed E-state index contributed by atoms with van der Waals surface area (Å²) in [7, 11) is 0. The van der Waals surface area contributed by atoms with E-state index in [0.29, 0.717) is 6.04 Å². The molecule has 0 radical (unpaired) electrons. The van der Waals surface area contributed by atoms with E-state index in [0.717, 1.165) is 34.7 Å². The first-order chi connectivity index (χ1) is 10.1. The lowest BCUT2D eigenvalue weighted by molar-refractivity contribution is 0.101. The summed E-state index contributed by atoms with van der Waals surface area (Å²) in [5.74, 6) is 0.961. The predicted octanol–water partition coefficient (Wildman–Crippen LogP) is 4.74. The lowest BCUT2D eigenvalue weighted by Gasteiger charge is -2.12. The van der Waals surface area contributed by atoms with Gasteiger partial charge in [0.15, 0.2) is 5.78 Å². The van der Waals surface area contributed by atoms with E-state index in [9.17, 15) is 4.79 Å². The Morgan fingerprint density at radius 3 is 2.43 bits per heavy atom. The summed E-state index contributed by atoms with van der Waals surface area (Å²) in [5.41, 5.74) is 1.86. The average molecular weight is 302 g/mol. The molecule has 4 heteroatoms. The van der Waals surface area contributed by atoms with Crippen molar-refractivity contribution in [3.63, 3.8) is 0 Å². The summed E-state index contributed by atoms with van der Waals surface area (Å²) >= 11 is 1.75. The van der Waals surface area contributed by atoms with Crippen molar-refractivity contribution in [3.8, 4) is 0 Å². The molecule has 0 fully saturated rings. The van der Waals surface area contributed by atoms with Crippen LogP contribution in [0.1, 0.15) is 55.7 Å². The van der Waals surface area contributed by atoms with Gasteiger partial charge >= 0.3 is 0 Å². The average Bonchev–Trinajstić information content (AvgIpc) is 2.96. The third-order valence-corrected chi connectivity index (χ3v) is 4.67. The molecule has 1 heterocycles. The zero-order valence-corrected chi connectivity index (χ0v) is 13.7. The van der Waals surface area contributed by atoms with Crippen LogP contribution in [0.2, 0.25) is 0 Å². The molecule has 21 heavy (non-hydrogen) atoms. The smallest absolute Gasteiger partial charge is 0.159 e. The molecule has 0 unspecified atom stereocenters. The van der Waals surface area contributed by atoms with E-state index in [1.165, 1.54) is 0 Å². The Morgan fingerprint density at radius 2 is 1.86 bits per heavy atom. The molecule has 0 N–H and O–H groups in total. The van der Waals surface area contributed by atoms with Gasteiger partial charge in [0, 0.05) is 22.4 Å². The summed E-state index contributed by atoms with van der Waals surface area (Å²) in [6.07, 6.45) is 4.29. The number of carbonyl (C=O) groups is 1. The number of thioether (sulfide) groups is 1. The van der Waals surface area contributed by atoms with Gasteiger partial charge in [0.1, 0.15) is 0 Å². The van der Waals surface area contributed by atoms with Crippen molar-refractivity contribution in [1.29, 1.82) is 0 Å². The standard InChI is InChI=1S/C17H22N2OS/c1-4-16(5-2)19-11-10-15(18-19)12-21-17-8-6-14(7-9-17)13(3)20/h6-11,16H,4-5,12H2,1-3H3. The van der Waals surface area contributed by atoms with Gasteiger partial charge in [0.25, 0.3) is 0 Å². The highest BCUT2D eigenvalue weighted by atomic mass is 32.2. The van der Waals surface area contributed by atoms with Gasteiger partial charge in [-0.3, -0.25) is 9.48 Å². The van der Waals surface area contributed by atoms with Crippen molar-refractivity contribution < 1.29 is 4.79 Å². The van der Waals surface area contributed by atoms with Gasteiger partial charge in [-0.2, -0.15) is 5.10 Å². The van der Waals surface area contributed by atoms with E-state index < -0.39 is 0 Å². The zero-order chi connectivity index (χ0) is 15.2. The van der Waals surface area contributed by atoms with Gasteiger partial charge in [-0.25, -0.2) is 0 Å². The molecule has 0 spiro atoms. The molecule has 0 aliphatic heterocycles. The van der Waals surface area contributed by atoms with Crippen molar-refractivity contribution in [2.45, 2.75) is 50.3 Å². The molecule has 0 bridgehead atoms. The maximum Gasteiger partial charge on any atom is 0.159 e. The third-order valence-electron chi connectivity index (χ3n) is 3.63. The third kappa shape index (κ3) is 4.21. The molecule has 3 nitrogen and oxygen atoms in total. The Balaban J connectivity index is 1.95. The van der Waals surface area contributed by atoms with E-state index in [1.54, 1.807) is 18.7 Å². The first kappa shape index (κ1) is 15.8. The Kier molecular flexibility index (Phi) is 5.62. The highest BCUT2D eigenvalue weighted by molar-refractivity contribution is 7.98. The number of hydrogen-bond acceptors (Lipinski definition) is 3. The topological polar surface area (TPSA) is 34.9 Å². The van der Waals surface area contributed by atoms with E-state index in [4.69, 9.17) is 0 Å². The molecule has 112 valence electrons. The van der Waals surface area contributed by atoms with Crippen LogP contribution in [0, 0.1) is 0 Å². The molecule has 2 aromatic rings. The Bertz CT molecular complexity index is 585. The predicted molar refractivity (Wildman–Crippen MR) is 87.9 cm³/mol. The van der Waals surface area contributed by atoms with E-state index >= 15 is 0 Å². The maximum absolute atomic E-state index is 11.2. The number of hydrogen-bond donors (Lipinski definition) is 0. The van der Waals surface area contributed by atoms with Crippen molar-refractivity contribution in [3.05, 3.63) is 47.8 Å². The van der Waals surface area contributed by atoms with Crippen LogP contribution >= 0.6 is 11.8 Å². The fourth-order valence-electron chi connectivity index (χ4n) is 2.26. The molecule has 0 saturated heterocycles. The SMILES string of the molecule is CCC(CC)n1ccc(CSc2ccc(C(C)=O)cc2)n1. The lowest BCUT2D eigenvalue weighted by Crippen LogP contribution is -2.07. The molecule has 0 amide bonds. The minimum atomic E-state index is 0.107. The maximum atomic E-state index is 11.2. The molecule has 0 saturated carbocycles. The van der Waals surface area contributed by atoms with E-state index in [2.05, 4.69) is 35.9 Å². The molecule has 1 aromatic heterocycles. The molecule has 0 aliphatic rings. The molecule has 2 rings (SSSR count). The van der Waals surface area contributed by atoms with Crippen molar-refractivity contribution in [2.24, 2.45) is 0 Å². The van der Waals surface area contributed by atoms with Crippen molar-refractivity contribution in [1.82, 2.24) is 9.78 Å². The van der Waals surface area contributed by atoms with E-state index in [1.807, 2.05) is 24.3 Å². The zero-order valence-electron chi connectivity index (χ0n) is 12.9. The molecule has 0 aliphatic carbocycles. The summed E-state index contributed by atoms with van der Waals surface area (Å²) < 4.78 is 2.08. The van der Waals surface area contributed by atoms with Gasteiger partial charge in [-0.05, 0) is 38.0 Å². The fourth-order valence-corrected chi connectivity index (χ4v) is 3.06. The van der Waals surface area contributed by atoms with Crippen LogP contribution in [0.25, 0.3) is 0 Å². The molecular weight excluding hydrogens is 280 g/mol. The quantitative estimate of drug-likeness (QED) is 0.547. The van der Waals surface area contributed by atoms with Gasteiger partial charge in [-0.15, -0.1) is 11.8 Å². The second-order valence-electron chi connectivity index (χ2n) is 5.13. The largest absolute Gasteiger partial charge is 0.295 e. The van der Waals surface area contributed by atoms with Gasteiger partial charge in [-0.1, -0.05) is 26.0 Å². The van der Waals surface area contributed by atoms with Crippen molar-refractivity contribution >= 4 is 17.5 Å². The van der Waals surface area contributed by atoms with Crippen LogP contribution in [0.4, 0.5) is 0 Å². The van der Waals surface area contributed by atoms with Gasteiger partial charge in [0.05, 0.1) is 11.7 Å². The van der Waals surface area contributed by atoms with Crippen LogP contribution < -0.4 is 0 Å². The number of Topliss-reactive ketones (excluding diaryl/α,β-unsaturated/α-hetero) is 1. The normalized spacial score (nSPS) is 11.0. The number of aromatic nitrogens is 2. The number of rotatable bonds is 7. The minimum absolute atomic E-state index is 0.107. The van der Waals surface area contributed by atoms with Crippen LogP contribution in [-0.2, 0) is 5.75 Å². The summed E-state index contributed by atoms with van der Waals surface area (Å²) in [6.45, 7) is 5.98. The lowest BCUT2D eigenvalue weighted by atomic mass is 10.2. The second kappa shape index (κ2) is 7.46. The molecule has 1 aromatic carbocycles. The van der Waals surface area contributed by atoms with Crippen LogP contribution in [0.5, 0.6) is 0 Å². The Hall–Kier alpha value is -1.55. The summed E-state index contributed by atoms with van der Waals surface area (Å²) in [4.78, 5) is 12.4. The molecule has 0 atom stereocenters. The highest BCUT2D eigenvalue weighted by Gasteiger charge is 2.08. The number of ketones is 1. The number of carbonyl (C=O) groups excluding carboxylic acids is 1.